The van der Waals surface area contributed by atoms with Gasteiger partial charge in [0, 0.05) is 75.9 Å². The SMILES string of the molecule is C=C(N[C@H](C(=O)N(C)[C@H](C[C@@H](OC(C)=O)c1nc(C(=O)N[C@@H](Cc2ccc3c(c2)NC(=O)C(C)NC(=O)C(C(C)C)NC(=O)CCOCCNC(=O)C(NC(=O)CCC(=O)O)C(NC(=O)CCC(=O)O)C(=O)NCCOCCC(=O)O3)CC(C)C(=O)O)cs1)C(C)C)[C@@H](C)CC)C(C)(C)N(C)C. The summed E-state index contributed by atoms with van der Waals surface area (Å²) in [6.07, 6.45) is -3.91. The van der Waals surface area contributed by atoms with E-state index in [1.165, 1.54) is 44.4 Å². The molecule has 2 aromatic rings. The van der Waals surface area contributed by atoms with E-state index in [4.69, 9.17) is 18.9 Å². The number of amides is 9. The molecule has 102 heavy (non-hydrogen) atoms. The average Bonchev–Trinajstić information content (AvgIpc) is 1.28. The van der Waals surface area contributed by atoms with Crippen LogP contribution in [-0.4, -0.2) is 222 Å². The van der Waals surface area contributed by atoms with Crippen molar-refractivity contribution in [2.45, 2.75) is 194 Å². The van der Waals surface area contributed by atoms with E-state index < -0.39 is 175 Å². The Morgan fingerprint density at radius 3 is 1.84 bits per heavy atom. The smallest absolute Gasteiger partial charge is 0.313 e. The van der Waals surface area contributed by atoms with Gasteiger partial charge in [0.15, 0.2) is 11.9 Å². The van der Waals surface area contributed by atoms with Crippen molar-refractivity contribution in [3.05, 3.63) is 52.1 Å². The minimum atomic E-state index is -1.93. The molecule has 34 heteroatoms. The molecule has 568 valence electrons. The van der Waals surface area contributed by atoms with Crippen LogP contribution in [0.1, 0.15) is 161 Å². The molecule has 0 saturated heterocycles. The summed E-state index contributed by atoms with van der Waals surface area (Å²) in [4.78, 5) is 193. The number of carboxylic acids is 3. The molecule has 0 radical (unpaired) electrons. The molecule has 33 nitrogen and oxygen atoms in total. The Labute approximate surface area is 598 Å². The number of carbonyl (C=O) groups excluding carboxylic acids is 11. The lowest BCUT2D eigenvalue weighted by molar-refractivity contribution is -0.149. The Bertz CT molecular complexity index is 3290. The fraction of sp³-hybridized carbons (Fsp3) is 0.632. The number of anilines is 1. The number of nitrogens with one attached hydrogen (secondary N) is 9. The zero-order valence-electron chi connectivity index (χ0n) is 60.7. The lowest BCUT2D eigenvalue weighted by Gasteiger charge is -2.40. The molecular formula is C68H104N12O21S. The number of hydrogen-bond acceptors (Lipinski definition) is 22. The van der Waals surface area contributed by atoms with Crippen LogP contribution in [0.3, 0.4) is 0 Å². The number of thiazole rings is 1. The summed E-state index contributed by atoms with van der Waals surface area (Å²) in [6.45, 7) is 21.6. The van der Waals surface area contributed by atoms with E-state index in [1.54, 1.807) is 25.8 Å². The quantitative estimate of drug-likeness (QED) is 0.0410. The number of likely N-dealkylation sites (N-methyl/N-ethyl adjacent to an activating group) is 2. The van der Waals surface area contributed by atoms with Gasteiger partial charge in [-0.25, -0.2) is 4.98 Å². The van der Waals surface area contributed by atoms with Gasteiger partial charge in [-0.3, -0.25) is 72.0 Å². The number of fused-ring (bicyclic) bond motifs is 1. The van der Waals surface area contributed by atoms with Crippen molar-refractivity contribution >= 4 is 100 Å². The molecule has 0 aliphatic carbocycles. The van der Waals surface area contributed by atoms with Crippen LogP contribution >= 0.6 is 11.3 Å². The zero-order valence-corrected chi connectivity index (χ0v) is 61.5. The second kappa shape index (κ2) is 42.3. The number of aliphatic carboxylic acids is 3. The van der Waals surface area contributed by atoms with E-state index in [0.717, 1.165) is 11.3 Å². The van der Waals surface area contributed by atoms with Gasteiger partial charge >= 0.3 is 29.8 Å². The third-order valence-corrected chi connectivity index (χ3v) is 18.1. The third-order valence-electron chi connectivity index (χ3n) is 17.2. The highest BCUT2D eigenvalue weighted by Gasteiger charge is 2.39. The van der Waals surface area contributed by atoms with Gasteiger partial charge in [0.05, 0.1) is 62.8 Å². The molecule has 1 aromatic heterocycles. The highest BCUT2D eigenvalue weighted by Crippen LogP contribution is 2.33. The second-order valence-electron chi connectivity index (χ2n) is 26.5. The topological polar surface area (TPSA) is 464 Å². The largest absolute Gasteiger partial charge is 0.481 e. The molecule has 1 aliphatic rings. The van der Waals surface area contributed by atoms with Crippen molar-refractivity contribution in [1.82, 2.24) is 57.3 Å². The molecule has 2 heterocycles. The maximum atomic E-state index is 14.6. The summed E-state index contributed by atoms with van der Waals surface area (Å²) in [5, 5.41) is 53.8. The highest BCUT2D eigenvalue weighted by molar-refractivity contribution is 7.09. The van der Waals surface area contributed by atoms with Crippen LogP contribution in [0, 0.1) is 23.7 Å². The van der Waals surface area contributed by atoms with Gasteiger partial charge in [-0.15, -0.1) is 11.3 Å². The van der Waals surface area contributed by atoms with E-state index in [-0.39, 0.29) is 105 Å². The van der Waals surface area contributed by atoms with Gasteiger partial charge < -0.3 is 87.0 Å². The number of carbonyl (C=O) groups is 14. The molecule has 9 amide bonds. The summed E-state index contributed by atoms with van der Waals surface area (Å²) < 4.78 is 22.7. The van der Waals surface area contributed by atoms with E-state index in [0.29, 0.717) is 17.7 Å². The molecule has 1 aromatic carbocycles. The predicted octanol–water partition coefficient (Wildman–Crippen LogP) is 2.18. The molecule has 5 unspecified atom stereocenters. The van der Waals surface area contributed by atoms with Gasteiger partial charge in [0.1, 0.15) is 40.9 Å². The number of esters is 2. The molecule has 0 bridgehead atoms. The zero-order chi connectivity index (χ0) is 76.9. The maximum absolute atomic E-state index is 14.6. The summed E-state index contributed by atoms with van der Waals surface area (Å²) in [5.74, 6) is -14.9. The number of rotatable bonds is 29. The number of ether oxygens (including phenoxy) is 4. The Kier molecular flexibility index (Phi) is 36.1. The number of hydrogen-bond donors (Lipinski definition) is 12. The van der Waals surface area contributed by atoms with E-state index >= 15 is 0 Å². The minimum absolute atomic E-state index is 0.0960. The Morgan fingerprint density at radius 2 is 1.33 bits per heavy atom. The highest BCUT2D eigenvalue weighted by atomic mass is 32.1. The standard InChI is InChI=1S/C68H104N12O21S/c1-16-38(6)57(72-41(9)68(11,12)79(13)14)66(95)80(15)47(36(2)3)34-49(100-42(10)81)65-75-46(35-102-65)61(91)73-44(31-39(7)67(96)97)32-43-17-18-48-45(33-43)74-60(90)40(8)71-64(94)56(37(4)5)76-52(84)23-27-98-29-25-69-62(92)58(77-50(82)19-21-53(85)86)59(78-51(83)20-22-54(87)88)63(93)70-26-30-99-28-24-55(89)101-48/h17-18,33,35-40,44,47,49,56-59,72H,9,16,19-32,34H2,1-8,10-15H3,(H,69,92)(H,70,93)(H,71,94)(H,73,91)(H,74,90)(H,76,84)(H,77,82)(H,78,83)(H,85,86)(H,87,88)(H,96,97)/t38-,39?,40?,44+,47+,49+,56?,57-,58?,59?/m0/s1. The van der Waals surface area contributed by atoms with Crippen LogP contribution in [0.5, 0.6) is 5.75 Å². The van der Waals surface area contributed by atoms with Crippen LogP contribution < -0.4 is 52.6 Å². The number of benzene rings is 1. The minimum Gasteiger partial charge on any atom is -0.481 e. The van der Waals surface area contributed by atoms with E-state index in [2.05, 4.69) is 59.4 Å². The van der Waals surface area contributed by atoms with Crippen LogP contribution in [0.15, 0.2) is 35.9 Å². The first-order valence-corrected chi connectivity index (χ1v) is 34.7. The fourth-order valence-corrected chi connectivity index (χ4v) is 11.1. The summed E-state index contributed by atoms with van der Waals surface area (Å²) in [5.41, 5.74) is 0.290. The third kappa shape index (κ3) is 29.1. The normalized spacial score (nSPS) is 19.3. The molecule has 0 spiro atoms. The van der Waals surface area contributed by atoms with E-state index in [1.807, 2.05) is 60.5 Å². The van der Waals surface area contributed by atoms with Crippen molar-refractivity contribution in [3.8, 4) is 5.75 Å². The molecule has 3 rings (SSSR count). The Morgan fingerprint density at radius 1 is 0.765 bits per heavy atom. The Hall–Kier alpha value is -9.15. The van der Waals surface area contributed by atoms with Gasteiger partial charge in [-0.2, -0.15) is 0 Å². The van der Waals surface area contributed by atoms with Crippen molar-refractivity contribution in [1.29, 1.82) is 0 Å². The molecule has 1 aliphatic heterocycles. The van der Waals surface area contributed by atoms with Gasteiger partial charge in [0.25, 0.3) is 5.91 Å². The average molecular weight is 1460 g/mol. The first-order valence-electron chi connectivity index (χ1n) is 33.8. The first kappa shape index (κ1) is 87.1. The molecule has 10 atom stereocenters. The lowest BCUT2D eigenvalue weighted by atomic mass is 9.91. The van der Waals surface area contributed by atoms with Crippen molar-refractivity contribution in [2.75, 3.05) is 66.0 Å². The number of aromatic nitrogens is 1. The van der Waals surface area contributed by atoms with Crippen LogP contribution in [-0.2, 0) is 83.0 Å². The van der Waals surface area contributed by atoms with Crippen molar-refractivity contribution in [3.63, 3.8) is 0 Å². The number of nitrogens with zero attached hydrogens (tertiary/aromatic N) is 3. The van der Waals surface area contributed by atoms with Gasteiger partial charge in [-0.05, 0) is 83.2 Å². The molecular weight excluding hydrogens is 1350 g/mol. The van der Waals surface area contributed by atoms with Crippen molar-refractivity contribution in [2.24, 2.45) is 23.7 Å². The van der Waals surface area contributed by atoms with Crippen LogP contribution in [0.25, 0.3) is 0 Å². The fourth-order valence-electron chi connectivity index (χ4n) is 10.2. The monoisotopic (exact) mass is 1460 g/mol. The Balaban J connectivity index is 2.03. The summed E-state index contributed by atoms with van der Waals surface area (Å²) >= 11 is 1.04. The molecule has 0 saturated carbocycles. The van der Waals surface area contributed by atoms with E-state index in [9.17, 15) is 82.4 Å². The summed E-state index contributed by atoms with van der Waals surface area (Å²) in [7, 11) is 5.53. The van der Waals surface area contributed by atoms with Crippen molar-refractivity contribution < 1.29 is 101 Å². The lowest BCUT2D eigenvalue weighted by Crippen LogP contribution is -2.64. The predicted molar refractivity (Wildman–Crippen MR) is 372 cm³/mol. The van der Waals surface area contributed by atoms with Crippen LogP contribution in [0.2, 0.25) is 0 Å². The second-order valence-corrected chi connectivity index (χ2v) is 27.3. The van der Waals surface area contributed by atoms with Gasteiger partial charge in [-0.1, -0.05) is 67.5 Å². The van der Waals surface area contributed by atoms with Crippen LogP contribution in [0.4, 0.5) is 5.69 Å². The summed E-state index contributed by atoms with van der Waals surface area (Å²) in [6, 6.07) is -4.25. The first-order chi connectivity index (χ1) is 47.8. The number of carboxylic acid groups (broad SMARTS) is 3. The maximum Gasteiger partial charge on any atom is 0.313 e. The molecule has 0 fully saturated rings. The molecule has 12 N–H and O–H groups in total. The van der Waals surface area contributed by atoms with Gasteiger partial charge in [0.2, 0.25) is 47.3 Å².